The van der Waals surface area contributed by atoms with Gasteiger partial charge in [0.25, 0.3) is 0 Å². The number of hydrogen-bond donors (Lipinski definition) is 2. The number of nitrogens with one attached hydrogen (secondary N) is 1. The van der Waals surface area contributed by atoms with Gasteiger partial charge in [-0.05, 0) is 46.1 Å². The number of carboxylic acid groups (broad SMARTS) is 1. The Labute approximate surface area is 167 Å². The third kappa shape index (κ3) is 5.69. The highest BCUT2D eigenvalue weighted by Crippen LogP contribution is 2.33. The van der Waals surface area contributed by atoms with Crippen LogP contribution in [-0.2, 0) is 20.8 Å². The molecule has 1 aliphatic heterocycles. The van der Waals surface area contributed by atoms with Crippen LogP contribution in [0.2, 0.25) is 0 Å². The molecule has 7 heteroatoms. The van der Waals surface area contributed by atoms with Gasteiger partial charge >= 0.3 is 12.1 Å². The minimum absolute atomic E-state index is 0.0693. The molecule has 0 aromatic heterocycles. The number of piperidine rings is 1. The first kappa shape index (κ1) is 22.2. The van der Waals surface area contributed by atoms with Crippen molar-refractivity contribution >= 4 is 12.1 Å². The third-order valence-corrected chi connectivity index (χ3v) is 4.98. The molecule has 7 nitrogen and oxygen atoms in total. The standard InChI is InChI=1S/C21H32N2O5/c1-15-11-21(18(24)25,22-19(26)28-20(2,3)4)12-17(14-27-5)23(15)13-16-9-7-6-8-10-16/h6-10,15,17H,11-14H2,1-5H3,(H,22,26)(H,24,25). The van der Waals surface area contributed by atoms with Gasteiger partial charge in [-0.3, -0.25) is 4.90 Å². The highest BCUT2D eigenvalue weighted by atomic mass is 16.6. The van der Waals surface area contributed by atoms with E-state index in [0.717, 1.165) is 5.56 Å². The molecule has 1 amide bonds. The maximum atomic E-state index is 12.3. The Morgan fingerprint density at radius 3 is 2.43 bits per heavy atom. The molecule has 1 saturated heterocycles. The summed E-state index contributed by atoms with van der Waals surface area (Å²) in [4.78, 5) is 26.8. The molecule has 3 unspecified atom stereocenters. The van der Waals surface area contributed by atoms with E-state index in [0.29, 0.717) is 13.2 Å². The van der Waals surface area contributed by atoms with Gasteiger partial charge in [0.05, 0.1) is 6.61 Å². The molecule has 2 N–H and O–H groups in total. The average molecular weight is 392 g/mol. The van der Waals surface area contributed by atoms with E-state index in [4.69, 9.17) is 9.47 Å². The van der Waals surface area contributed by atoms with Crippen LogP contribution in [0.5, 0.6) is 0 Å². The first-order valence-corrected chi connectivity index (χ1v) is 9.59. The van der Waals surface area contributed by atoms with Crippen molar-refractivity contribution in [2.75, 3.05) is 13.7 Å². The van der Waals surface area contributed by atoms with Crippen molar-refractivity contribution in [3.05, 3.63) is 35.9 Å². The van der Waals surface area contributed by atoms with Crippen molar-refractivity contribution in [1.82, 2.24) is 10.2 Å². The summed E-state index contributed by atoms with van der Waals surface area (Å²) in [5.41, 5.74) is -0.939. The zero-order valence-electron chi connectivity index (χ0n) is 17.4. The molecular formula is C21H32N2O5. The van der Waals surface area contributed by atoms with Crippen LogP contribution >= 0.6 is 0 Å². The van der Waals surface area contributed by atoms with Crippen LogP contribution in [0.1, 0.15) is 46.1 Å². The highest BCUT2D eigenvalue weighted by molar-refractivity contribution is 5.84. The number of methoxy groups -OCH3 is 1. The number of amides is 1. The molecule has 0 radical (unpaired) electrons. The van der Waals surface area contributed by atoms with E-state index in [1.165, 1.54) is 0 Å². The molecule has 1 aromatic rings. The van der Waals surface area contributed by atoms with Crippen LogP contribution in [0, 0.1) is 0 Å². The molecule has 0 aliphatic carbocycles. The van der Waals surface area contributed by atoms with Gasteiger partial charge in [-0.1, -0.05) is 30.3 Å². The SMILES string of the molecule is COCC1CC(NC(=O)OC(C)(C)C)(C(=O)O)CC(C)N1Cc1ccccc1. The predicted octanol–water partition coefficient (Wildman–Crippen LogP) is 3.03. The largest absolute Gasteiger partial charge is 0.480 e. The summed E-state index contributed by atoms with van der Waals surface area (Å²) in [5, 5.41) is 12.6. The van der Waals surface area contributed by atoms with E-state index < -0.39 is 23.2 Å². The lowest BCUT2D eigenvalue weighted by atomic mass is 9.79. The molecule has 0 saturated carbocycles. The Hall–Kier alpha value is -2.12. The van der Waals surface area contributed by atoms with Gasteiger partial charge in [0.1, 0.15) is 11.1 Å². The first-order chi connectivity index (χ1) is 13.1. The number of nitrogens with zero attached hydrogens (tertiary/aromatic N) is 1. The fraction of sp³-hybridized carbons (Fsp3) is 0.619. The lowest BCUT2D eigenvalue weighted by molar-refractivity contribution is -0.150. The number of carbonyl (C=O) groups excluding carboxylic acids is 1. The summed E-state index contributed by atoms with van der Waals surface area (Å²) in [5.74, 6) is -1.05. The van der Waals surface area contributed by atoms with Crippen molar-refractivity contribution in [3.8, 4) is 0 Å². The zero-order valence-corrected chi connectivity index (χ0v) is 17.4. The van der Waals surface area contributed by atoms with Gasteiger partial charge in [0.15, 0.2) is 0 Å². The number of hydrogen-bond acceptors (Lipinski definition) is 5. The number of likely N-dealkylation sites (tertiary alicyclic amines) is 1. The number of carbonyl (C=O) groups is 2. The number of alkyl carbamates (subject to hydrolysis) is 1. The summed E-state index contributed by atoms with van der Waals surface area (Å²) in [7, 11) is 1.60. The Bertz CT molecular complexity index is 673. The zero-order chi connectivity index (χ0) is 20.9. The number of rotatable bonds is 6. The van der Waals surface area contributed by atoms with Gasteiger partial charge in [-0.15, -0.1) is 0 Å². The summed E-state index contributed by atoms with van der Waals surface area (Å²) < 4.78 is 10.7. The van der Waals surface area contributed by atoms with Crippen LogP contribution < -0.4 is 5.32 Å². The van der Waals surface area contributed by atoms with Crippen molar-refractivity contribution in [2.45, 2.75) is 70.3 Å². The van der Waals surface area contributed by atoms with E-state index in [1.54, 1.807) is 27.9 Å². The van der Waals surface area contributed by atoms with Gasteiger partial charge in [0, 0.05) is 25.7 Å². The average Bonchev–Trinajstić information content (AvgIpc) is 2.57. The Kier molecular flexibility index (Phi) is 7.06. The second-order valence-corrected chi connectivity index (χ2v) is 8.54. The molecule has 2 rings (SSSR count). The molecular weight excluding hydrogens is 360 g/mol. The molecule has 0 spiro atoms. The molecule has 3 atom stereocenters. The van der Waals surface area contributed by atoms with E-state index in [1.807, 2.05) is 25.1 Å². The van der Waals surface area contributed by atoms with E-state index in [2.05, 4.69) is 22.3 Å². The van der Waals surface area contributed by atoms with Gasteiger partial charge in [-0.2, -0.15) is 0 Å². The molecule has 156 valence electrons. The third-order valence-electron chi connectivity index (χ3n) is 4.98. The summed E-state index contributed by atoms with van der Waals surface area (Å²) in [6.45, 7) is 8.30. The van der Waals surface area contributed by atoms with Crippen molar-refractivity contribution in [1.29, 1.82) is 0 Å². The summed E-state index contributed by atoms with van der Waals surface area (Å²) >= 11 is 0. The minimum atomic E-state index is -1.39. The van der Waals surface area contributed by atoms with Crippen LogP contribution in [0.25, 0.3) is 0 Å². The van der Waals surface area contributed by atoms with E-state index in [9.17, 15) is 14.7 Å². The lowest BCUT2D eigenvalue weighted by Crippen LogP contribution is -2.65. The summed E-state index contributed by atoms with van der Waals surface area (Å²) in [6.07, 6.45) is -0.184. The number of carboxylic acids is 1. The van der Waals surface area contributed by atoms with Gasteiger partial charge in [-0.25, -0.2) is 9.59 Å². The normalized spacial score (nSPS) is 25.9. The minimum Gasteiger partial charge on any atom is -0.480 e. The molecule has 1 heterocycles. The lowest BCUT2D eigenvalue weighted by Gasteiger charge is -2.48. The second kappa shape index (κ2) is 8.92. The Balaban J connectivity index is 2.23. The smallest absolute Gasteiger partial charge is 0.408 e. The Morgan fingerprint density at radius 1 is 1.25 bits per heavy atom. The molecule has 28 heavy (non-hydrogen) atoms. The highest BCUT2D eigenvalue weighted by Gasteiger charge is 2.50. The second-order valence-electron chi connectivity index (χ2n) is 8.54. The summed E-state index contributed by atoms with van der Waals surface area (Å²) in [6, 6.07) is 9.82. The fourth-order valence-corrected chi connectivity index (χ4v) is 3.84. The molecule has 0 bridgehead atoms. The Morgan fingerprint density at radius 2 is 1.89 bits per heavy atom. The van der Waals surface area contributed by atoms with Crippen LogP contribution in [-0.4, -0.2) is 59.0 Å². The maximum Gasteiger partial charge on any atom is 0.408 e. The predicted molar refractivity (Wildman–Crippen MR) is 106 cm³/mol. The number of ether oxygens (including phenoxy) is 2. The van der Waals surface area contributed by atoms with E-state index in [-0.39, 0.29) is 24.9 Å². The van der Waals surface area contributed by atoms with Crippen molar-refractivity contribution in [3.63, 3.8) is 0 Å². The van der Waals surface area contributed by atoms with Gasteiger partial charge in [0.2, 0.25) is 0 Å². The van der Waals surface area contributed by atoms with Crippen LogP contribution in [0.3, 0.4) is 0 Å². The fourth-order valence-electron chi connectivity index (χ4n) is 3.84. The van der Waals surface area contributed by atoms with Crippen molar-refractivity contribution < 1.29 is 24.2 Å². The topological polar surface area (TPSA) is 88.1 Å². The van der Waals surface area contributed by atoms with Crippen LogP contribution in [0.15, 0.2) is 30.3 Å². The number of aliphatic carboxylic acids is 1. The molecule has 1 fully saturated rings. The van der Waals surface area contributed by atoms with E-state index >= 15 is 0 Å². The quantitative estimate of drug-likeness (QED) is 0.774. The molecule has 1 aliphatic rings. The van der Waals surface area contributed by atoms with Gasteiger partial charge < -0.3 is 19.9 Å². The van der Waals surface area contributed by atoms with Crippen molar-refractivity contribution in [2.24, 2.45) is 0 Å². The first-order valence-electron chi connectivity index (χ1n) is 9.59. The maximum absolute atomic E-state index is 12.3. The monoisotopic (exact) mass is 392 g/mol. The van der Waals surface area contributed by atoms with Crippen LogP contribution in [0.4, 0.5) is 4.79 Å². The molecule has 1 aromatic carbocycles. The number of benzene rings is 1.